The van der Waals surface area contributed by atoms with Gasteiger partial charge in [0.25, 0.3) is 0 Å². The lowest BCUT2D eigenvalue weighted by molar-refractivity contribution is -0.120. The van der Waals surface area contributed by atoms with Gasteiger partial charge in [0, 0.05) is 11.6 Å². The average Bonchev–Trinajstić information content (AvgIpc) is 2.36. The van der Waals surface area contributed by atoms with Crippen molar-refractivity contribution < 1.29 is 4.79 Å². The molecule has 0 spiro atoms. The van der Waals surface area contributed by atoms with Crippen molar-refractivity contribution in [3.05, 3.63) is 47.5 Å². The molecule has 0 aliphatic heterocycles. The van der Waals surface area contributed by atoms with Crippen LogP contribution in [0.25, 0.3) is 0 Å². The molecular weight excluding hydrogens is 250 g/mol. The van der Waals surface area contributed by atoms with Crippen molar-refractivity contribution in [1.82, 2.24) is 10.6 Å². The molecule has 0 saturated carbocycles. The van der Waals surface area contributed by atoms with Gasteiger partial charge in [-0.1, -0.05) is 35.9 Å². The number of amides is 1. The van der Waals surface area contributed by atoms with Gasteiger partial charge in [0.15, 0.2) is 5.96 Å². The minimum atomic E-state index is -0.412. The molecule has 1 amide bonds. The van der Waals surface area contributed by atoms with E-state index in [1.165, 1.54) is 0 Å². The first-order valence-corrected chi connectivity index (χ1v) is 5.92. The van der Waals surface area contributed by atoms with Crippen molar-refractivity contribution in [2.24, 2.45) is 0 Å². The monoisotopic (exact) mass is 265 g/mol. The van der Waals surface area contributed by atoms with E-state index in [4.69, 9.17) is 17.0 Å². The number of hydrogen-bond acceptors (Lipinski definition) is 2. The standard InChI is InChI=1S/C13H16ClN3O/c1-3-8-16-13(15)17-12(18)9(2)10-6-4-5-7-11(10)14/h3-7,9H,1,8H2,2H3,(H3,15,16,17,18). The Morgan fingerprint density at radius 1 is 1.56 bits per heavy atom. The zero-order chi connectivity index (χ0) is 13.5. The number of nitrogens with one attached hydrogen (secondary N) is 3. The molecule has 1 rings (SSSR count). The summed E-state index contributed by atoms with van der Waals surface area (Å²) >= 11 is 6.02. The number of carbonyl (C=O) groups excluding carboxylic acids is 1. The molecule has 0 heterocycles. The van der Waals surface area contributed by atoms with Gasteiger partial charge in [0.2, 0.25) is 5.91 Å². The van der Waals surface area contributed by atoms with E-state index in [9.17, 15) is 4.79 Å². The van der Waals surface area contributed by atoms with Gasteiger partial charge in [0.05, 0.1) is 5.92 Å². The minimum Gasteiger partial charge on any atom is -0.353 e. The van der Waals surface area contributed by atoms with Crippen LogP contribution in [0, 0.1) is 5.41 Å². The van der Waals surface area contributed by atoms with E-state index in [-0.39, 0.29) is 11.9 Å². The van der Waals surface area contributed by atoms with Crippen LogP contribution in [0.4, 0.5) is 0 Å². The number of hydrogen-bond donors (Lipinski definition) is 3. The number of halogens is 1. The van der Waals surface area contributed by atoms with E-state index in [2.05, 4.69) is 17.2 Å². The van der Waals surface area contributed by atoms with Crippen LogP contribution in [0.1, 0.15) is 18.4 Å². The van der Waals surface area contributed by atoms with Crippen LogP contribution < -0.4 is 10.6 Å². The first kappa shape index (κ1) is 14.3. The van der Waals surface area contributed by atoms with E-state index in [0.29, 0.717) is 11.6 Å². The molecule has 0 aliphatic carbocycles. The van der Waals surface area contributed by atoms with Crippen molar-refractivity contribution in [2.75, 3.05) is 6.54 Å². The fraction of sp³-hybridized carbons (Fsp3) is 0.231. The molecule has 0 bridgehead atoms. The highest BCUT2D eigenvalue weighted by Crippen LogP contribution is 2.23. The number of rotatable bonds is 4. The number of carbonyl (C=O) groups is 1. The summed E-state index contributed by atoms with van der Waals surface area (Å²) < 4.78 is 0. The van der Waals surface area contributed by atoms with Crippen molar-refractivity contribution >= 4 is 23.5 Å². The Hall–Kier alpha value is -1.81. The Bertz CT molecular complexity index is 459. The van der Waals surface area contributed by atoms with Crippen LogP contribution in [0.2, 0.25) is 5.02 Å². The summed E-state index contributed by atoms with van der Waals surface area (Å²) in [6.07, 6.45) is 1.61. The van der Waals surface area contributed by atoms with Gasteiger partial charge in [-0.3, -0.25) is 15.5 Å². The van der Waals surface area contributed by atoms with Crippen LogP contribution in [0.15, 0.2) is 36.9 Å². The quantitative estimate of drug-likeness (QED) is 0.444. The highest BCUT2D eigenvalue weighted by Gasteiger charge is 2.18. The second-order valence-corrected chi connectivity index (χ2v) is 4.18. The van der Waals surface area contributed by atoms with E-state index in [1.807, 2.05) is 12.1 Å². The van der Waals surface area contributed by atoms with Crippen molar-refractivity contribution in [2.45, 2.75) is 12.8 Å². The maximum absolute atomic E-state index is 11.9. The third kappa shape index (κ3) is 3.89. The Labute approximate surface area is 112 Å². The summed E-state index contributed by atoms with van der Waals surface area (Å²) in [6.45, 7) is 5.69. The molecule has 0 aromatic heterocycles. The van der Waals surface area contributed by atoms with Crippen molar-refractivity contribution in [3.8, 4) is 0 Å². The van der Waals surface area contributed by atoms with E-state index in [0.717, 1.165) is 5.56 Å². The number of guanidine groups is 1. The highest BCUT2D eigenvalue weighted by molar-refractivity contribution is 6.31. The lowest BCUT2D eigenvalue weighted by Gasteiger charge is -2.14. The lowest BCUT2D eigenvalue weighted by Crippen LogP contribution is -2.41. The molecular formula is C13H16ClN3O. The van der Waals surface area contributed by atoms with E-state index in [1.54, 1.807) is 25.1 Å². The predicted octanol–water partition coefficient (Wildman–Crippen LogP) is 2.27. The van der Waals surface area contributed by atoms with Gasteiger partial charge in [-0.15, -0.1) is 6.58 Å². The van der Waals surface area contributed by atoms with E-state index >= 15 is 0 Å². The third-order valence-electron chi connectivity index (χ3n) is 2.44. The zero-order valence-electron chi connectivity index (χ0n) is 10.2. The SMILES string of the molecule is C=CCNC(=N)NC(=O)C(C)c1ccccc1Cl. The zero-order valence-corrected chi connectivity index (χ0v) is 10.9. The lowest BCUT2D eigenvalue weighted by atomic mass is 10.0. The normalized spacial score (nSPS) is 11.4. The Balaban J connectivity index is 2.65. The fourth-order valence-corrected chi connectivity index (χ4v) is 1.72. The van der Waals surface area contributed by atoms with Gasteiger partial charge in [-0.2, -0.15) is 0 Å². The van der Waals surface area contributed by atoms with Crippen molar-refractivity contribution in [3.63, 3.8) is 0 Å². The van der Waals surface area contributed by atoms with E-state index < -0.39 is 5.92 Å². The maximum atomic E-state index is 11.9. The van der Waals surface area contributed by atoms with Crippen LogP contribution in [0.5, 0.6) is 0 Å². The molecule has 5 heteroatoms. The maximum Gasteiger partial charge on any atom is 0.233 e. The van der Waals surface area contributed by atoms with Crippen LogP contribution in [-0.2, 0) is 4.79 Å². The second kappa shape index (κ2) is 6.81. The summed E-state index contributed by atoms with van der Waals surface area (Å²) in [5.41, 5.74) is 0.744. The first-order valence-electron chi connectivity index (χ1n) is 5.55. The summed E-state index contributed by atoms with van der Waals surface area (Å²) in [4.78, 5) is 11.9. The average molecular weight is 266 g/mol. The topological polar surface area (TPSA) is 65.0 Å². The van der Waals surface area contributed by atoms with Gasteiger partial charge in [-0.05, 0) is 18.6 Å². The van der Waals surface area contributed by atoms with Gasteiger partial charge < -0.3 is 5.32 Å². The molecule has 1 atom stereocenters. The molecule has 0 aliphatic rings. The summed E-state index contributed by atoms with van der Waals surface area (Å²) in [7, 11) is 0. The molecule has 3 N–H and O–H groups in total. The van der Waals surface area contributed by atoms with Crippen LogP contribution in [-0.4, -0.2) is 18.4 Å². The molecule has 1 unspecified atom stereocenters. The molecule has 0 fully saturated rings. The molecule has 0 radical (unpaired) electrons. The van der Waals surface area contributed by atoms with Crippen LogP contribution in [0.3, 0.4) is 0 Å². The summed E-state index contributed by atoms with van der Waals surface area (Å²) in [5.74, 6) is -0.729. The van der Waals surface area contributed by atoms with Gasteiger partial charge >= 0.3 is 0 Å². The number of benzene rings is 1. The van der Waals surface area contributed by atoms with Crippen molar-refractivity contribution in [1.29, 1.82) is 5.41 Å². The fourth-order valence-electron chi connectivity index (χ4n) is 1.42. The Morgan fingerprint density at radius 2 is 2.22 bits per heavy atom. The third-order valence-corrected chi connectivity index (χ3v) is 2.78. The minimum absolute atomic E-state index is 0.0428. The highest BCUT2D eigenvalue weighted by atomic mass is 35.5. The molecule has 4 nitrogen and oxygen atoms in total. The summed E-state index contributed by atoms with van der Waals surface area (Å²) in [6, 6.07) is 7.17. The largest absolute Gasteiger partial charge is 0.353 e. The van der Waals surface area contributed by atoms with Crippen LogP contribution >= 0.6 is 11.6 Å². The molecule has 0 saturated heterocycles. The van der Waals surface area contributed by atoms with Gasteiger partial charge in [-0.25, -0.2) is 0 Å². The second-order valence-electron chi connectivity index (χ2n) is 3.78. The first-order chi connectivity index (χ1) is 8.56. The smallest absolute Gasteiger partial charge is 0.233 e. The Morgan fingerprint density at radius 3 is 2.83 bits per heavy atom. The predicted molar refractivity (Wildman–Crippen MR) is 73.9 cm³/mol. The molecule has 1 aromatic carbocycles. The van der Waals surface area contributed by atoms with Gasteiger partial charge in [0.1, 0.15) is 0 Å². The Kier molecular flexibility index (Phi) is 5.39. The molecule has 1 aromatic rings. The molecule has 18 heavy (non-hydrogen) atoms. The molecule has 96 valence electrons. The summed E-state index contributed by atoms with van der Waals surface area (Å²) in [5, 5.41) is 13.2.